The van der Waals surface area contributed by atoms with Crippen LogP contribution in [0.15, 0.2) is 0 Å². The van der Waals surface area contributed by atoms with Crippen molar-refractivity contribution in [1.29, 1.82) is 0 Å². The molecular weight excluding hydrogens is 342 g/mol. The van der Waals surface area contributed by atoms with E-state index in [1.807, 2.05) is 0 Å². The van der Waals surface area contributed by atoms with E-state index in [1.165, 1.54) is 0 Å². The van der Waals surface area contributed by atoms with E-state index < -0.39 is 43.4 Å². The summed E-state index contributed by atoms with van der Waals surface area (Å²) in [5.41, 5.74) is 0. The lowest BCUT2D eigenvalue weighted by Gasteiger charge is -2.28. The zero-order valence-electron chi connectivity index (χ0n) is 8.13. The molecule has 0 rings (SSSR count). The Balaban J connectivity index is 5.43. The first-order valence-electron chi connectivity index (χ1n) is 3.64. The van der Waals surface area contributed by atoms with Gasteiger partial charge >= 0.3 is 17.6 Å². The summed E-state index contributed by atoms with van der Waals surface area (Å²) < 4.78 is 137. The third kappa shape index (κ3) is 4.72. The molecule has 0 amide bonds. The molecule has 0 saturated carbocycles. The normalized spacial score (nSPS) is 15.6. The maximum absolute atomic E-state index is 12.3. The number of hydrogen-bond donors (Lipinski definition) is 0. The molecule has 5 nitrogen and oxygen atoms in total. The summed E-state index contributed by atoms with van der Waals surface area (Å²) in [5.74, 6) is -2.99. The molecular formula is C4H2F8NO4S2-. The summed E-state index contributed by atoms with van der Waals surface area (Å²) >= 11 is 0. The first kappa shape index (κ1) is 18.3. The molecule has 0 fully saturated rings. The predicted molar refractivity (Wildman–Crippen MR) is 43.1 cm³/mol. The molecule has 0 heterocycles. The minimum Gasteiger partial charge on any atom is -0.430 e. The molecule has 0 aromatic rings. The van der Waals surface area contributed by atoms with Crippen LogP contribution in [0.3, 0.4) is 0 Å². The molecule has 0 aromatic heterocycles. The summed E-state index contributed by atoms with van der Waals surface area (Å²) in [6, 6.07) is 0. The Morgan fingerprint density at radius 3 is 1.42 bits per heavy atom. The molecule has 0 aliphatic carbocycles. The van der Waals surface area contributed by atoms with Crippen LogP contribution in [0, 0.1) is 0 Å². The smallest absolute Gasteiger partial charge is 0.430 e. The van der Waals surface area contributed by atoms with Gasteiger partial charge in [-0.25, -0.2) is 16.8 Å². The van der Waals surface area contributed by atoms with E-state index in [0.29, 0.717) is 0 Å². The number of hydrogen-bond acceptors (Lipinski definition) is 4. The van der Waals surface area contributed by atoms with Crippen LogP contribution in [0.5, 0.6) is 0 Å². The Morgan fingerprint density at radius 1 is 0.789 bits per heavy atom. The van der Waals surface area contributed by atoms with Gasteiger partial charge in [0.2, 0.25) is 0 Å². The van der Waals surface area contributed by atoms with Crippen molar-refractivity contribution in [2.24, 2.45) is 0 Å². The second kappa shape index (κ2) is 4.69. The molecule has 15 heteroatoms. The molecule has 0 N–H and O–H groups in total. The number of sulfonamides is 2. The average molecular weight is 344 g/mol. The van der Waals surface area contributed by atoms with Crippen LogP contribution in [0.2, 0.25) is 0 Å². The van der Waals surface area contributed by atoms with Gasteiger partial charge < -0.3 is 4.13 Å². The maximum Gasteiger partial charge on any atom is 0.467 e. The van der Waals surface area contributed by atoms with Gasteiger partial charge in [0.25, 0.3) is 0 Å². The van der Waals surface area contributed by atoms with Gasteiger partial charge in [0.05, 0.1) is 10.0 Å². The number of halogens is 8. The van der Waals surface area contributed by atoms with Crippen molar-refractivity contribution < 1.29 is 52.0 Å². The quantitative estimate of drug-likeness (QED) is 0.728. The van der Waals surface area contributed by atoms with Crippen molar-refractivity contribution in [3.8, 4) is 0 Å². The van der Waals surface area contributed by atoms with Gasteiger partial charge in [-0.2, -0.15) is 35.1 Å². The highest BCUT2D eigenvalue weighted by molar-refractivity contribution is 8.12. The highest BCUT2D eigenvalue weighted by atomic mass is 32.3. The molecule has 0 aliphatic heterocycles. The van der Waals surface area contributed by atoms with Crippen LogP contribution >= 0.6 is 0 Å². The Kier molecular flexibility index (Phi) is 4.52. The van der Waals surface area contributed by atoms with Crippen molar-refractivity contribution in [2.75, 3.05) is 5.75 Å². The topological polar surface area (TPSA) is 82.4 Å². The lowest BCUT2D eigenvalue weighted by Crippen LogP contribution is -2.44. The number of alkyl halides is 8. The van der Waals surface area contributed by atoms with Gasteiger partial charge in [-0.1, -0.05) is 0 Å². The van der Waals surface area contributed by atoms with Gasteiger partial charge in [0.1, 0.15) is 5.75 Å². The van der Waals surface area contributed by atoms with Gasteiger partial charge in [-0.05, 0) is 0 Å². The molecule has 19 heavy (non-hydrogen) atoms. The molecule has 0 spiro atoms. The van der Waals surface area contributed by atoms with Crippen LogP contribution in [-0.2, 0) is 20.0 Å². The second-order valence-electron chi connectivity index (χ2n) is 2.91. The molecule has 0 bridgehead atoms. The zero-order valence-corrected chi connectivity index (χ0v) is 9.76. The fourth-order valence-corrected chi connectivity index (χ4v) is 3.06. The standard InChI is InChI=1S/C4H2F8NO4S2/c5-2(6,7)1-18(14,15)13-19(16,17)4(11,12)3(8,9)10/h1H2/q-1. The van der Waals surface area contributed by atoms with Crippen LogP contribution in [0.4, 0.5) is 35.1 Å². The number of rotatable bonds is 4. The lowest BCUT2D eigenvalue weighted by molar-refractivity contribution is -0.240. The van der Waals surface area contributed by atoms with Gasteiger partial charge in [-0.15, -0.1) is 0 Å². The predicted octanol–water partition coefficient (Wildman–Crippen LogP) is 1.74. The molecule has 0 aliphatic rings. The monoisotopic (exact) mass is 344 g/mol. The zero-order chi connectivity index (χ0) is 15.9. The first-order chi connectivity index (χ1) is 7.91. The summed E-state index contributed by atoms with van der Waals surface area (Å²) in [6.07, 6.45) is -12.3. The Labute approximate surface area is 100 Å². The fraction of sp³-hybridized carbons (Fsp3) is 1.00. The highest BCUT2D eigenvalue weighted by Gasteiger charge is 2.64. The Hall–Kier alpha value is -0.700. The lowest BCUT2D eigenvalue weighted by atomic mass is 10.7. The van der Waals surface area contributed by atoms with Crippen LogP contribution in [0.1, 0.15) is 0 Å². The minimum atomic E-state index is -7.07. The van der Waals surface area contributed by atoms with Gasteiger partial charge in [-0.3, -0.25) is 0 Å². The summed E-state index contributed by atoms with van der Waals surface area (Å²) in [6.45, 7) is 0. The molecule has 0 radical (unpaired) electrons. The molecule has 0 atom stereocenters. The van der Waals surface area contributed by atoms with E-state index in [1.54, 1.807) is 0 Å². The van der Waals surface area contributed by atoms with E-state index in [-0.39, 0.29) is 0 Å². The Bertz CT molecular complexity index is 528. The summed E-state index contributed by atoms with van der Waals surface area (Å²) in [4.78, 5) is 0. The fourth-order valence-electron chi connectivity index (χ4n) is 0.576. The van der Waals surface area contributed by atoms with E-state index in [4.69, 9.17) is 0 Å². The third-order valence-corrected chi connectivity index (χ3v) is 4.48. The largest absolute Gasteiger partial charge is 0.467 e. The summed E-state index contributed by atoms with van der Waals surface area (Å²) in [7, 11) is -13.2. The van der Waals surface area contributed by atoms with Crippen LogP contribution < -0.4 is 0 Å². The number of nitrogens with zero attached hydrogens (tertiary/aromatic N) is 1. The third-order valence-electron chi connectivity index (χ3n) is 1.21. The van der Waals surface area contributed by atoms with E-state index in [0.717, 1.165) is 4.13 Å². The second-order valence-corrected chi connectivity index (χ2v) is 6.42. The first-order valence-corrected chi connectivity index (χ1v) is 6.69. The maximum atomic E-state index is 12.3. The van der Waals surface area contributed by atoms with Crippen molar-refractivity contribution in [1.82, 2.24) is 0 Å². The minimum absolute atomic E-state index is 1.02. The molecule has 116 valence electrons. The molecule has 0 aromatic carbocycles. The van der Waals surface area contributed by atoms with Crippen molar-refractivity contribution in [3.63, 3.8) is 0 Å². The molecule has 0 unspecified atom stereocenters. The van der Waals surface area contributed by atoms with E-state index in [2.05, 4.69) is 0 Å². The summed E-state index contributed by atoms with van der Waals surface area (Å²) in [5, 5.41) is -6.63. The van der Waals surface area contributed by atoms with E-state index >= 15 is 0 Å². The average Bonchev–Trinajstić information content (AvgIpc) is 1.92. The van der Waals surface area contributed by atoms with Gasteiger partial charge in [0.15, 0.2) is 10.0 Å². The van der Waals surface area contributed by atoms with Crippen molar-refractivity contribution in [3.05, 3.63) is 4.13 Å². The van der Waals surface area contributed by atoms with Crippen LogP contribution in [-0.4, -0.2) is 40.2 Å². The SMILES string of the molecule is O=S(=O)(CC(F)(F)F)[N-]S(=O)(=O)C(F)(F)C(F)(F)F. The van der Waals surface area contributed by atoms with Crippen molar-refractivity contribution >= 4 is 20.0 Å². The molecule has 0 saturated heterocycles. The highest BCUT2D eigenvalue weighted by Crippen LogP contribution is 2.43. The Morgan fingerprint density at radius 2 is 1.16 bits per heavy atom. The van der Waals surface area contributed by atoms with E-state index in [9.17, 15) is 52.0 Å². The van der Waals surface area contributed by atoms with Gasteiger partial charge in [0, 0.05) is 0 Å². The van der Waals surface area contributed by atoms with Crippen molar-refractivity contribution in [2.45, 2.75) is 17.6 Å². The van der Waals surface area contributed by atoms with Crippen LogP contribution in [0.25, 0.3) is 4.13 Å².